The molecule has 0 aliphatic rings. The zero-order chi connectivity index (χ0) is 26.0. The van der Waals surface area contributed by atoms with Crippen molar-refractivity contribution in [3.05, 3.63) is 0 Å². The summed E-state index contributed by atoms with van der Waals surface area (Å²) < 4.78 is 56.5. The molecule has 8 nitrogen and oxygen atoms in total. The molecule has 0 aromatic heterocycles. The van der Waals surface area contributed by atoms with Gasteiger partial charge in [0.1, 0.15) is 0 Å². The molecule has 0 fully saturated rings. The molecule has 0 unspecified atom stereocenters. The molecule has 0 aromatic rings. The SMILES string of the molecule is CC(C)CCCCCCCS(=O)(=O)OC(=O)CCC(=O)OS(=O)(=O)CCCCCCCC(C)C.[NaH]. The summed E-state index contributed by atoms with van der Waals surface area (Å²) >= 11 is 0. The molecule has 0 heterocycles. The minimum atomic E-state index is -4.02. The van der Waals surface area contributed by atoms with Crippen LogP contribution in [0.5, 0.6) is 0 Å². The Bertz CT molecular complexity index is 711. The quantitative estimate of drug-likeness (QED) is 0.113. The van der Waals surface area contributed by atoms with Gasteiger partial charge in [-0.15, -0.1) is 0 Å². The average Bonchev–Trinajstić information content (AvgIpc) is 2.69. The molecule has 11 heteroatoms. The summed E-state index contributed by atoms with van der Waals surface area (Å²) in [4.78, 5) is 23.5. The van der Waals surface area contributed by atoms with Gasteiger partial charge in [-0.3, -0.25) is 9.59 Å². The van der Waals surface area contributed by atoms with E-state index in [0.717, 1.165) is 64.2 Å². The van der Waals surface area contributed by atoms with Gasteiger partial charge in [0.2, 0.25) is 0 Å². The van der Waals surface area contributed by atoms with Crippen LogP contribution in [0.25, 0.3) is 0 Å². The fourth-order valence-electron chi connectivity index (χ4n) is 3.38. The Morgan fingerprint density at radius 1 is 0.543 bits per heavy atom. The van der Waals surface area contributed by atoms with E-state index in [4.69, 9.17) is 0 Å². The van der Waals surface area contributed by atoms with Crippen molar-refractivity contribution < 1.29 is 34.8 Å². The summed E-state index contributed by atoms with van der Waals surface area (Å²) in [6.45, 7) is 8.66. The van der Waals surface area contributed by atoms with E-state index < -0.39 is 45.0 Å². The molecule has 0 atom stereocenters. The Labute approximate surface area is 236 Å². The third-order valence-corrected chi connectivity index (χ3v) is 7.78. The fraction of sp³-hybridized carbons (Fsp3) is 0.917. The molecule has 0 saturated heterocycles. The molecule has 0 saturated carbocycles. The molecule has 204 valence electrons. The van der Waals surface area contributed by atoms with Gasteiger partial charge in [0.15, 0.2) is 0 Å². The van der Waals surface area contributed by atoms with E-state index in [9.17, 15) is 26.4 Å². The van der Waals surface area contributed by atoms with Crippen LogP contribution in [0.3, 0.4) is 0 Å². The summed E-state index contributed by atoms with van der Waals surface area (Å²) in [6, 6.07) is 0. The number of hydrogen-bond acceptors (Lipinski definition) is 8. The van der Waals surface area contributed by atoms with Crippen molar-refractivity contribution in [3.63, 3.8) is 0 Å². The summed E-state index contributed by atoms with van der Waals surface area (Å²) in [5.74, 6) is -1.39. The van der Waals surface area contributed by atoms with E-state index >= 15 is 0 Å². The molecule has 0 aromatic carbocycles. The maximum absolute atomic E-state index is 11.9. The van der Waals surface area contributed by atoms with E-state index in [2.05, 4.69) is 36.1 Å². The van der Waals surface area contributed by atoms with E-state index in [1.807, 2.05) is 0 Å². The summed E-state index contributed by atoms with van der Waals surface area (Å²) in [7, 11) is -8.03. The Morgan fingerprint density at radius 3 is 1.14 bits per heavy atom. The summed E-state index contributed by atoms with van der Waals surface area (Å²) in [5.41, 5.74) is 0. The van der Waals surface area contributed by atoms with E-state index in [-0.39, 0.29) is 41.1 Å². The second-order valence-corrected chi connectivity index (χ2v) is 13.2. The van der Waals surface area contributed by atoms with E-state index in [1.54, 1.807) is 0 Å². The van der Waals surface area contributed by atoms with Crippen LogP contribution in [0.1, 0.15) is 118 Å². The molecule has 0 rings (SSSR count). The van der Waals surface area contributed by atoms with Gasteiger partial charge in [-0.2, -0.15) is 16.8 Å². The van der Waals surface area contributed by atoms with Crippen LogP contribution < -0.4 is 0 Å². The molecule has 0 aliphatic carbocycles. The average molecular weight is 551 g/mol. The zero-order valence-corrected chi connectivity index (χ0v) is 23.2. The van der Waals surface area contributed by atoms with Crippen LogP contribution >= 0.6 is 0 Å². The first kappa shape index (κ1) is 37.0. The summed E-state index contributed by atoms with van der Waals surface area (Å²) in [6.07, 6.45) is 9.62. The van der Waals surface area contributed by atoms with Gasteiger partial charge in [-0.05, 0) is 24.7 Å². The van der Waals surface area contributed by atoms with Gasteiger partial charge < -0.3 is 8.37 Å². The van der Waals surface area contributed by atoms with Gasteiger partial charge in [0.25, 0.3) is 0 Å². The van der Waals surface area contributed by atoms with Crippen molar-refractivity contribution in [2.45, 2.75) is 118 Å². The Kier molecular flexibility index (Phi) is 22.0. The van der Waals surface area contributed by atoms with Crippen LogP contribution in [-0.2, 0) is 38.2 Å². The zero-order valence-electron chi connectivity index (χ0n) is 21.6. The van der Waals surface area contributed by atoms with E-state index in [0.29, 0.717) is 24.7 Å². The molecule has 0 amide bonds. The third-order valence-electron chi connectivity index (χ3n) is 5.32. The fourth-order valence-corrected chi connectivity index (χ4v) is 5.39. The maximum atomic E-state index is 11.9. The molecular formula is C24H47NaO8S2. The van der Waals surface area contributed by atoms with Crippen molar-refractivity contribution >= 4 is 61.7 Å². The first-order chi connectivity index (χ1) is 15.8. The first-order valence-electron chi connectivity index (χ1n) is 12.7. The molecule has 0 N–H and O–H groups in total. The van der Waals surface area contributed by atoms with Gasteiger partial charge >= 0.3 is 61.7 Å². The van der Waals surface area contributed by atoms with Crippen molar-refractivity contribution in [1.29, 1.82) is 0 Å². The third kappa shape index (κ3) is 25.3. The van der Waals surface area contributed by atoms with Gasteiger partial charge in [-0.25, -0.2) is 0 Å². The van der Waals surface area contributed by atoms with Crippen LogP contribution in [0.4, 0.5) is 0 Å². The molecule has 0 bridgehead atoms. The van der Waals surface area contributed by atoms with Gasteiger partial charge in [-0.1, -0.05) is 91.9 Å². The predicted molar refractivity (Wildman–Crippen MR) is 141 cm³/mol. The molecule has 0 spiro atoms. The first-order valence-corrected chi connectivity index (χ1v) is 15.9. The van der Waals surface area contributed by atoms with Crippen molar-refractivity contribution in [2.75, 3.05) is 11.5 Å². The van der Waals surface area contributed by atoms with Crippen LogP contribution in [-0.4, -0.2) is 69.8 Å². The number of rotatable bonds is 21. The Morgan fingerprint density at radius 2 is 0.829 bits per heavy atom. The molecule has 35 heavy (non-hydrogen) atoms. The standard InChI is InChI=1S/C24H46O8S2.Na.H/c1-21(2)15-11-7-5-9-13-19-33(27,28)31-23(25)17-18-24(26)32-34(29,30)20-14-10-6-8-12-16-22(3)4;;/h21-22H,5-20H2,1-4H3;;. The molecular weight excluding hydrogens is 503 g/mol. The topological polar surface area (TPSA) is 121 Å². The monoisotopic (exact) mass is 550 g/mol. The van der Waals surface area contributed by atoms with Crippen molar-refractivity contribution in [3.8, 4) is 0 Å². The Balaban J connectivity index is 0. The minimum absolute atomic E-state index is 0. The number of unbranched alkanes of at least 4 members (excludes halogenated alkanes) is 8. The van der Waals surface area contributed by atoms with Gasteiger partial charge in [0.05, 0.1) is 24.3 Å². The number of carbonyl (C=O) groups is 2. The Hall–Kier alpha value is -0.160. The molecule has 0 radical (unpaired) electrons. The van der Waals surface area contributed by atoms with Crippen molar-refractivity contribution in [1.82, 2.24) is 0 Å². The second-order valence-electron chi connectivity index (χ2n) is 9.83. The van der Waals surface area contributed by atoms with E-state index in [1.165, 1.54) is 0 Å². The van der Waals surface area contributed by atoms with Crippen LogP contribution in [0, 0.1) is 11.8 Å². The van der Waals surface area contributed by atoms with Crippen LogP contribution in [0.15, 0.2) is 0 Å². The van der Waals surface area contributed by atoms with Gasteiger partial charge in [0, 0.05) is 0 Å². The molecule has 0 aliphatic heterocycles. The normalized spacial score (nSPS) is 11.9. The number of hydrogen-bond donors (Lipinski definition) is 0. The summed E-state index contributed by atoms with van der Waals surface area (Å²) in [5, 5.41) is 0. The van der Waals surface area contributed by atoms with Crippen molar-refractivity contribution in [2.24, 2.45) is 11.8 Å². The second kappa shape index (κ2) is 20.8. The number of carbonyl (C=O) groups excluding carboxylic acids is 2. The predicted octanol–water partition coefficient (Wildman–Crippen LogP) is 4.86. The van der Waals surface area contributed by atoms with Crippen LogP contribution in [0.2, 0.25) is 0 Å².